The van der Waals surface area contributed by atoms with Crippen LogP contribution in [0.1, 0.15) is 10.4 Å². The summed E-state index contributed by atoms with van der Waals surface area (Å²) < 4.78 is 0. The van der Waals surface area contributed by atoms with Gasteiger partial charge >= 0.3 is 0 Å². The predicted octanol–water partition coefficient (Wildman–Crippen LogP) is 2.75. The van der Waals surface area contributed by atoms with Gasteiger partial charge in [0.1, 0.15) is 17.7 Å². The summed E-state index contributed by atoms with van der Waals surface area (Å²) in [6.07, 6.45) is 0.792. The fourth-order valence-electron chi connectivity index (χ4n) is 1.99. The summed E-state index contributed by atoms with van der Waals surface area (Å²) in [6, 6.07) is 12.3. The second-order valence-corrected chi connectivity index (χ2v) is 4.01. The normalized spacial score (nSPS) is 10.7. The third kappa shape index (κ3) is 1.55. The molecule has 0 saturated heterocycles. The van der Waals surface area contributed by atoms with Gasteiger partial charge in [0.15, 0.2) is 0 Å². The van der Waals surface area contributed by atoms with E-state index < -0.39 is 0 Å². The SMILES string of the molecule is O=Cc1ccc2c(-c3ccccc3O)n[nH]c2c1. The van der Waals surface area contributed by atoms with Crippen molar-refractivity contribution in [3.63, 3.8) is 0 Å². The summed E-state index contributed by atoms with van der Waals surface area (Å²) >= 11 is 0. The molecule has 3 rings (SSSR count). The molecule has 0 unspecified atom stereocenters. The molecule has 0 aliphatic heterocycles. The highest BCUT2D eigenvalue weighted by molar-refractivity contribution is 5.96. The molecule has 88 valence electrons. The molecular formula is C14H10N2O2. The van der Waals surface area contributed by atoms with E-state index in [1.165, 1.54) is 0 Å². The first-order chi connectivity index (χ1) is 8.79. The highest BCUT2D eigenvalue weighted by Crippen LogP contribution is 2.32. The van der Waals surface area contributed by atoms with Crippen LogP contribution in [0.15, 0.2) is 42.5 Å². The quantitative estimate of drug-likeness (QED) is 0.674. The number of carbonyl (C=O) groups excluding carboxylic acids is 1. The van der Waals surface area contributed by atoms with Gasteiger partial charge < -0.3 is 5.11 Å². The van der Waals surface area contributed by atoms with E-state index in [0.29, 0.717) is 16.8 Å². The number of phenols is 1. The van der Waals surface area contributed by atoms with Crippen molar-refractivity contribution in [3.05, 3.63) is 48.0 Å². The lowest BCUT2D eigenvalue weighted by Crippen LogP contribution is -1.80. The molecule has 18 heavy (non-hydrogen) atoms. The lowest BCUT2D eigenvalue weighted by molar-refractivity contribution is 0.112. The average Bonchev–Trinajstić information content (AvgIpc) is 2.82. The number of fused-ring (bicyclic) bond motifs is 1. The van der Waals surface area contributed by atoms with Crippen molar-refractivity contribution in [2.75, 3.05) is 0 Å². The molecule has 3 aromatic rings. The van der Waals surface area contributed by atoms with Crippen LogP contribution in [0.2, 0.25) is 0 Å². The van der Waals surface area contributed by atoms with Crippen molar-refractivity contribution < 1.29 is 9.90 Å². The smallest absolute Gasteiger partial charge is 0.150 e. The van der Waals surface area contributed by atoms with Crippen molar-refractivity contribution in [1.29, 1.82) is 0 Å². The van der Waals surface area contributed by atoms with Crippen molar-refractivity contribution in [2.24, 2.45) is 0 Å². The molecule has 0 bridgehead atoms. The van der Waals surface area contributed by atoms with Crippen LogP contribution in [0.25, 0.3) is 22.2 Å². The molecule has 0 saturated carbocycles. The van der Waals surface area contributed by atoms with E-state index in [0.717, 1.165) is 17.2 Å². The number of carbonyl (C=O) groups is 1. The molecule has 0 radical (unpaired) electrons. The Balaban J connectivity index is 2.25. The zero-order chi connectivity index (χ0) is 12.5. The number of H-pyrrole nitrogens is 1. The number of hydrogen-bond donors (Lipinski definition) is 2. The Morgan fingerprint density at radius 1 is 1.17 bits per heavy atom. The minimum atomic E-state index is 0.186. The van der Waals surface area contributed by atoms with Crippen molar-refractivity contribution >= 4 is 17.2 Å². The summed E-state index contributed by atoms with van der Waals surface area (Å²) in [5, 5.41) is 17.8. The maximum atomic E-state index is 10.7. The number of para-hydroxylation sites is 1. The third-order valence-electron chi connectivity index (χ3n) is 2.88. The van der Waals surface area contributed by atoms with Gasteiger partial charge in [-0.3, -0.25) is 9.89 Å². The Kier molecular flexibility index (Phi) is 2.34. The fourth-order valence-corrected chi connectivity index (χ4v) is 1.99. The van der Waals surface area contributed by atoms with E-state index in [9.17, 15) is 9.90 Å². The molecule has 0 aliphatic rings. The van der Waals surface area contributed by atoms with Crippen LogP contribution in [0, 0.1) is 0 Å². The highest BCUT2D eigenvalue weighted by Gasteiger charge is 2.11. The Morgan fingerprint density at radius 2 is 2.00 bits per heavy atom. The molecular weight excluding hydrogens is 228 g/mol. The zero-order valence-electron chi connectivity index (χ0n) is 9.42. The van der Waals surface area contributed by atoms with E-state index in [1.54, 1.807) is 30.3 Å². The molecule has 2 aromatic carbocycles. The number of phenolic OH excluding ortho intramolecular Hbond substituents is 1. The van der Waals surface area contributed by atoms with Gasteiger partial charge in [-0.1, -0.05) is 18.2 Å². The second-order valence-electron chi connectivity index (χ2n) is 4.01. The largest absolute Gasteiger partial charge is 0.507 e. The molecule has 4 heteroatoms. The maximum Gasteiger partial charge on any atom is 0.150 e. The van der Waals surface area contributed by atoms with Crippen molar-refractivity contribution in [2.45, 2.75) is 0 Å². The topological polar surface area (TPSA) is 66.0 Å². The van der Waals surface area contributed by atoms with Gasteiger partial charge in [0, 0.05) is 16.5 Å². The van der Waals surface area contributed by atoms with E-state index in [-0.39, 0.29) is 5.75 Å². The van der Waals surface area contributed by atoms with Gasteiger partial charge in [0.05, 0.1) is 5.52 Å². The van der Waals surface area contributed by atoms with Crippen LogP contribution < -0.4 is 0 Å². The molecule has 0 aliphatic carbocycles. The average molecular weight is 238 g/mol. The van der Waals surface area contributed by atoms with E-state index in [4.69, 9.17) is 0 Å². The number of aromatic hydroxyl groups is 1. The van der Waals surface area contributed by atoms with Crippen LogP contribution >= 0.6 is 0 Å². The monoisotopic (exact) mass is 238 g/mol. The summed E-state index contributed by atoms with van der Waals surface area (Å²) in [7, 11) is 0. The van der Waals surface area contributed by atoms with Crippen LogP contribution in [0.5, 0.6) is 5.75 Å². The summed E-state index contributed by atoms with van der Waals surface area (Å²) in [5.74, 6) is 0.186. The molecule has 1 heterocycles. The third-order valence-corrected chi connectivity index (χ3v) is 2.88. The minimum Gasteiger partial charge on any atom is -0.507 e. The van der Waals surface area contributed by atoms with E-state index in [2.05, 4.69) is 10.2 Å². The second kappa shape index (κ2) is 4.00. The molecule has 2 N–H and O–H groups in total. The molecule has 1 aromatic heterocycles. The fraction of sp³-hybridized carbons (Fsp3) is 0. The lowest BCUT2D eigenvalue weighted by Gasteiger charge is -2.00. The first kappa shape index (κ1) is 10.5. The molecule has 0 spiro atoms. The highest BCUT2D eigenvalue weighted by atomic mass is 16.3. The van der Waals surface area contributed by atoms with Gasteiger partial charge in [-0.2, -0.15) is 5.10 Å². The molecule has 0 amide bonds. The number of rotatable bonds is 2. The van der Waals surface area contributed by atoms with Gasteiger partial charge in [-0.15, -0.1) is 0 Å². The lowest BCUT2D eigenvalue weighted by atomic mass is 10.1. The van der Waals surface area contributed by atoms with Gasteiger partial charge in [-0.05, 0) is 24.3 Å². The van der Waals surface area contributed by atoms with Gasteiger partial charge in [0.2, 0.25) is 0 Å². The number of aldehydes is 1. The zero-order valence-corrected chi connectivity index (χ0v) is 9.42. The summed E-state index contributed by atoms with van der Waals surface area (Å²) in [4.78, 5) is 10.7. The number of aromatic amines is 1. The number of nitrogens with zero attached hydrogens (tertiary/aromatic N) is 1. The number of nitrogens with one attached hydrogen (secondary N) is 1. The van der Waals surface area contributed by atoms with Gasteiger partial charge in [0.25, 0.3) is 0 Å². The van der Waals surface area contributed by atoms with Crippen LogP contribution in [-0.2, 0) is 0 Å². The van der Waals surface area contributed by atoms with Crippen LogP contribution in [-0.4, -0.2) is 21.6 Å². The van der Waals surface area contributed by atoms with Crippen LogP contribution in [0.3, 0.4) is 0 Å². The maximum absolute atomic E-state index is 10.7. The molecule has 4 nitrogen and oxygen atoms in total. The predicted molar refractivity (Wildman–Crippen MR) is 68.6 cm³/mol. The molecule has 0 atom stereocenters. The Morgan fingerprint density at radius 3 is 2.78 bits per heavy atom. The van der Waals surface area contributed by atoms with Crippen molar-refractivity contribution in [1.82, 2.24) is 10.2 Å². The van der Waals surface area contributed by atoms with Crippen LogP contribution in [0.4, 0.5) is 0 Å². The Labute approximate surface area is 103 Å². The Hall–Kier alpha value is -2.62. The van der Waals surface area contributed by atoms with E-state index in [1.807, 2.05) is 12.1 Å². The standard InChI is InChI=1S/C14H10N2O2/c17-8-9-5-6-10-12(7-9)15-16-14(10)11-3-1-2-4-13(11)18/h1-8,18H,(H,15,16). The first-order valence-electron chi connectivity index (χ1n) is 5.51. The van der Waals surface area contributed by atoms with E-state index >= 15 is 0 Å². The Bertz CT molecular complexity index is 731. The molecule has 0 fully saturated rings. The first-order valence-corrected chi connectivity index (χ1v) is 5.51. The minimum absolute atomic E-state index is 0.186. The summed E-state index contributed by atoms with van der Waals surface area (Å²) in [6.45, 7) is 0. The number of aromatic nitrogens is 2. The van der Waals surface area contributed by atoms with Gasteiger partial charge in [-0.25, -0.2) is 0 Å². The van der Waals surface area contributed by atoms with Crippen molar-refractivity contribution in [3.8, 4) is 17.0 Å². The number of benzene rings is 2. The number of hydrogen-bond acceptors (Lipinski definition) is 3. The summed E-state index contributed by atoms with van der Waals surface area (Å²) in [5.41, 5.74) is 2.72.